The van der Waals surface area contributed by atoms with Crippen LogP contribution in [0, 0.1) is 11.8 Å². The van der Waals surface area contributed by atoms with E-state index in [2.05, 4.69) is 6.58 Å². The average molecular weight is 405 g/mol. The van der Waals surface area contributed by atoms with Gasteiger partial charge >= 0.3 is 0 Å². The number of hydrogen-bond donors (Lipinski definition) is 3. The summed E-state index contributed by atoms with van der Waals surface area (Å²) in [6, 6.07) is 0. The third kappa shape index (κ3) is 5.52. The van der Waals surface area contributed by atoms with Crippen LogP contribution in [-0.2, 0) is 23.7 Å². The fraction of sp³-hybridized carbons (Fsp3) is 0.900. The molecular formula is C20H36O8. The number of hydrogen-bond acceptors (Lipinski definition) is 8. The van der Waals surface area contributed by atoms with E-state index in [0.29, 0.717) is 6.61 Å². The summed E-state index contributed by atoms with van der Waals surface area (Å²) in [5, 5.41) is 28.2. The highest BCUT2D eigenvalue weighted by Crippen LogP contribution is 2.36. The fourth-order valence-corrected chi connectivity index (χ4v) is 3.80. The molecule has 8 heteroatoms. The highest BCUT2D eigenvalue weighted by molar-refractivity contribution is 4.93. The number of aliphatic hydroxyl groups excluding tert-OH is 3. The number of ether oxygens (including phenoxy) is 5. The van der Waals surface area contributed by atoms with E-state index in [1.807, 2.05) is 27.7 Å². The average Bonchev–Trinajstić information content (AvgIpc) is 3.12. The second-order valence-corrected chi connectivity index (χ2v) is 8.63. The first-order valence-electron chi connectivity index (χ1n) is 9.83. The lowest BCUT2D eigenvalue weighted by atomic mass is 9.94. The molecule has 28 heavy (non-hydrogen) atoms. The molecule has 0 aromatic carbocycles. The normalized spacial score (nSPS) is 40.8. The van der Waals surface area contributed by atoms with Crippen LogP contribution in [0.4, 0.5) is 0 Å². The Kier molecular flexibility index (Phi) is 7.66. The van der Waals surface area contributed by atoms with Crippen LogP contribution in [0.1, 0.15) is 41.5 Å². The molecule has 0 saturated carbocycles. The monoisotopic (exact) mass is 404 g/mol. The van der Waals surface area contributed by atoms with Gasteiger partial charge in [-0.3, -0.25) is 0 Å². The SMILES string of the molecule is C=C[C@H](O)[C@H](C)[C@H]1OC(C)(C)O[C@H]1CO.C[C@H]1C(O)OC[C@@H]2OC(C)(C)OC12. The van der Waals surface area contributed by atoms with Crippen molar-refractivity contribution in [3.8, 4) is 0 Å². The van der Waals surface area contributed by atoms with Crippen molar-refractivity contribution in [2.75, 3.05) is 13.2 Å². The Morgan fingerprint density at radius 1 is 1.11 bits per heavy atom. The van der Waals surface area contributed by atoms with Crippen LogP contribution in [0.5, 0.6) is 0 Å². The van der Waals surface area contributed by atoms with E-state index in [1.54, 1.807) is 13.8 Å². The van der Waals surface area contributed by atoms with Crippen LogP contribution in [0.15, 0.2) is 12.7 Å². The minimum absolute atomic E-state index is 0.0273. The summed E-state index contributed by atoms with van der Waals surface area (Å²) in [6.07, 6.45) is -0.677. The Hall–Kier alpha value is -0.580. The van der Waals surface area contributed by atoms with Gasteiger partial charge in [0.25, 0.3) is 0 Å². The predicted octanol–water partition coefficient (Wildman–Crippen LogP) is 1.17. The van der Waals surface area contributed by atoms with E-state index in [1.165, 1.54) is 6.08 Å². The summed E-state index contributed by atoms with van der Waals surface area (Å²) in [6.45, 7) is 14.9. The van der Waals surface area contributed by atoms with Crippen molar-refractivity contribution >= 4 is 0 Å². The molecule has 3 aliphatic heterocycles. The summed E-state index contributed by atoms with van der Waals surface area (Å²) in [5.74, 6) is -1.42. The third-order valence-electron chi connectivity index (χ3n) is 5.32. The van der Waals surface area contributed by atoms with Crippen LogP contribution < -0.4 is 0 Å². The number of rotatable bonds is 4. The number of aliphatic hydroxyl groups is 3. The summed E-state index contributed by atoms with van der Waals surface area (Å²) < 4.78 is 27.6. The summed E-state index contributed by atoms with van der Waals surface area (Å²) in [5.41, 5.74) is 0. The zero-order valence-electron chi connectivity index (χ0n) is 17.7. The van der Waals surface area contributed by atoms with E-state index in [0.717, 1.165) is 0 Å². The zero-order valence-corrected chi connectivity index (χ0v) is 17.7. The van der Waals surface area contributed by atoms with Crippen molar-refractivity contribution in [3.63, 3.8) is 0 Å². The molecule has 3 aliphatic rings. The molecule has 8 atom stereocenters. The fourth-order valence-electron chi connectivity index (χ4n) is 3.80. The van der Waals surface area contributed by atoms with Crippen LogP contribution in [0.2, 0.25) is 0 Å². The van der Waals surface area contributed by atoms with E-state index in [9.17, 15) is 10.2 Å². The molecule has 0 bridgehead atoms. The highest BCUT2D eigenvalue weighted by atomic mass is 16.8. The molecule has 2 unspecified atom stereocenters. The molecule has 0 amide bonds. The third-order valence-corrected chi connectivity index (χ3v) is 5.32. The first-order valence-corrected chi connectivity index (χ1v) is 9.83. The lowest BCUT2D eigenvalue weighted by Crippen LogP contribution is -2.46. The predicted molar refractivity (Wildman–Crippen MR) is 101 cm³/mol. The molecule has 0 radical (unpaired) electrons. The minimum Gasteiger partial charge on any atom is -0.394 e. The van der Waals surface area contributed by atoms with Crippen LogP contribution in [0.25, 0.3) is 0 Å². The van der Waals surface area contributed by atoms with Gasteiger partial charge in [-0.1, -0.05) is 19.9 Å². The van der Waals surface area contributed by atoms with E-state index < -0.39 is 24.0 Å². The van der Waals surface area contributed by atoms with Gasteiger partial charge in [0.05, 0.1) is 31.5 Å². The van der Waals surface area contributed by atoms with Gasteiger partial charge in [-0.2, -0.15) is 0 Å². The van der Waals surface area contributed by atoms with Gasteiger partial charge in [0.15, 0.2) is 17.9 Å². The second-order valence-electron chi connectivity index (χ2n) is 8.63. The number of fused-ring (bicyclic) bond motifs is 1. The molecule has 0 aliphatic carbocycles. The Morgan fingerprint density at radius 2 is 1.71 bits per heavy atom. The zero-order chi connectivity index (χ0) is 21.3. The van der Waals surface area contributed by atoms with Crippen LogP contribution >= 0.6 is 0 Å². The minimum atomic E-state index is -0.723. The van der Waals surface area contributed by atoms with E-state index in [-0.39, 0.29) is 42.9 Å². The van der Waals surface area contributed by atoms with Gasteiger partial charge in [0.1, 0.15) is 12.2 Å². The Labute approximate surface area is 167 Å². The van der Waals surface area contributed by atoms with E-state index >= 15 is 0 Å². The van der Waals surface area contributed by atoms with Gasteiger partial charge < -0.3 is 39.0 Å². The van der Waals surface area contributed by atoms with Crippen molar-refractivity contribution in [1.29, 1.82) is 0 Å². The molecule has 0 spiro atoms. The highest BCUT2D eigenvalue weighted by Gasteiger charge is 2.49. The second kappa shape index (κ2) is 9.06. The molecule has 0 aromatic rings. The quantitative estimate of drug-likeness (QED) is 0.600. The molecule has 164 valence electrons. The molecule has 0 aromatic heterocycles. The largest absolute Gasteiger partial charge is 0.394 e. The van der Waals surface area contributed by atoms with Crippen molar-refractivity contribution in [2.24, 2.45) is 11.8 Å². The van der Waals surface area contributed by atoms with Crippen LogP contribution in [-0.4, -0.2) is 76.9 Å². The molecule has 3 saturated heterocycles. The summed E-state index contributed by atoms with van der Waals surface area (Å²) in [7, 11) is 0. The van der Waals surface area contributed by atoms with E-state index in [4.69, 9.17) is 28.8 Å². The Bertz CT molecular complexity index is 522. The lowest BCUT2D eigenvalue weighted by Gasteiger charge is -2.32. The van der Waals surface area contributed by atoms with Gasteiger partial charge in [-0.15, -0.1) is 6.58 Å². The molecule has 8 nitrogen and oxygen atoms in total. The Morgan fingerprint density at radius 3 is 2.29 bits per heavy atom. The summed E-state index contributed by atoms with van der Waals surface area (Å²) in [4.78, 5) is 0. The molecule has 3 rings (SSSR count). The smallest absolute Gasteiger partial charge is 0.163 e. The maximum atomic E-state index is 9.64. The molecular weight excluding hydrogens is 368 g/mol. The summed E-state index contributed by atoms with van der Waals surface area (Å²) >= 11 is 0. The molecule has 3 heterocycles. The molecule has 3 fully saturated rings. The van der Waals surface area contributed by atoms with Crippen molar-refractivity contribution < 1.29 is 39.0 Å². The standard InChI is InChI=1S/C11H20O4.C9H16O4/c1-5-8(13)7(2)10-9(6-12)14-11(3,4)15-10;1-5-7-6(4-11-8(5)10)12-9(2,3)13-7/h5,7-10,12-13H,1,6H2,2-4H3;5-8,10H,4H2,1-3H3/t7-,8-,9-,10+;5-,6+,7?,8?/m01/s1. The first-order chi connectivity index (χ1) is 12.9. The van der Waals surface area contributed by atoms with Gasteiger partial charge in [0.2, 0.25) is 0 Å². The maximum Gasteiger partial charge on any atom is 0.163 e. The first kappa shape index (κ1) is 23.7. The van der Waals surface area contributed by atoms with Gasteiger partial charge in [0, 0.05) is 11.8 Å². The van der Waals surface area contributed by atoms with Gasteiger partial charge in [-0.05, 0) is 27.7 Å². The maximum absolute atomic E-state index is 9.64. The lowest BCUT2D eigenvalue weighted by molar-refractivity contribution is -0.199. The topological polar surface area (TPSA) is 107 Å². The Balaban J connectivity index is 0.000000202. The van der Waals surface area contributed by atoms with Crippen molar-refractivity contribution in [2.45, 2.75) is 89.9 Å². The molecule has 3 N–H and O–H groups in total. The van der Waals surface area contributed by atoms with Crippen molar-refractivity contribution in [1.82, 2.24) is 0 Å². The van der Waals surface area contributed by atoms with Gasteiger partial charge in [-0.25, -0.2) is 0 Å². The van der Waals surface area contributed by atoms with Crippen LogP contribution in [0.3, 0.4) is 0 Å². The van der Waals surface area contributed by atoms with Crippen molar-refractivity contribution in [3.05, 3.63) is 12.7 Å².